The van der Waals surface area contributed by atoms with Gasteiger partial charge in [0.2, 0.25) is 23.6 Å². The number of hydrogen-bond donors (Lipinski definition) is 8. The van der Waals surface area contributed by atoms with Crippen LogP contribution in [0.3, 0.4) is 0 Å². The predicted octanol–water partition coefficient (Wildman–Crippen LogP) is 15.4. The largest absolute Gasteiger partial charge is 0.333 e. The Morgan fingerprint density at radius 2 is 0.684 bits per heavy atom. The van der Waals surface area contributed by atoms with E-state index in [1.807, 2.05) is 127 Å². The van der Waals surface area contributed by atoms with Crippen LogP contribution >= 0.6 is 69.6 Å². The normalized spacial score (nSPS) is 13.4. The van der Waals surface area contributed by atoms with Gasteiger partial charge in [-0.25, -0.2) is 9.59 Å². The summed E-state index contributed by atoms with van der Waals surface area (Å²) in [5.41, 5.74) is 32.8. The van der Waals surface area contributed by atoms with Gasteiger partial charge in [0.05, 0.1) is 18.1 Å². The first-order valence-electron chi connectivity index (χ1n) is 31.5. The van der Waals surface area contributed by atoms with Crippen molar-refractivity contribution in [2.24, 2.45) is 17.2 Å². The molecule has 0 aliphatic carbocycles. The van der Waals surface area contributed by atoms with Crippen LogP contribution in [0.25, 0.3) is 0 Å². The fraction of sp³-hybridized carbons (Fsp3) is 0.200. The lowest BCUT2D eigenvalue weighted by atomic mass is 10.0. The van der Waals surface area contributed by atoms with Crippen LogP contribution in [0.2, 0.25) is 30.1 Å². The Kier molecular flexibility index (Phi) is 24.6. The topological polar surface area (TPSA) is 250 Å². The van der Waals surface area contributed by atoms with Gasteiger partial charge >= 0.3 is 12.1 Å². The van der Waals surface area contributed by atoms with Crippen molar-refractivity contribution in [1.82, 2.24) is 14.7 Å². The van der Waals surface area contributed by atoms with Gasteiger partial charge in [-0.05, 0) is 184 Å². The maximum Gasteiger partial charge on any atom is 0.323 e. The van der Waals surface area contributed by atoms with Crippen molar-refractivity contribution in [1.29, 1.82) is 0 Å². The van der Waals surface area contributed by atoms with Crippen LogP contribution < -0.4 is 43.8 Å². The number of nitrogens with one attached hydrogen (secondary N) is 5. The van der Waals surface area contributed by atoms with Crippen molar-refractivity contribution in [2.75, 3.05) is 26.6 Å². The van der Waals surface area contributed by atoms with E-state index in [-0.39, 0.29) is 35.7 Å². The van der Waals surface area contributed by atoms with Gasteiger partial charge in [-0.1, -0.05) is 174 Å². The number of benzene rings is 9. The molecule has 23 heteroatoms. The quantitative estimate of drug-likeness (QED) is 0.0431. The van der Waals surface area contributed by atoms with Gasteiger partial charge in [-0.2, -0.15) is 0 Å². The summed E-state index contributed by atoms with van der Waals surface area (Å²) < 4.78 is 0. The Labute approximate surface area is 598 Å². The number of nitrogens with zero attached hydrogens (tertiary/aromatic N) is 3. The third kappa shape index (κ3) is 19.7. The lowest BCUT2D eigenvalue weighted by molar-refractivity contribution is -0.133. The van der Waals surface area contributed by atoms with E-state index < -0.39 is 18.1 Å². The molecule has 0 aromatic heterocycles. The monoisotopic (exact) mass is 1430 g/mol. The molecule has 0 bridgehead atoms. The molecule has 0 spiro atoms. The molecular formula is C75H71Cl6N11O6. The van der Waals surface area contributed by atoms with Crippen LogP contribution in [0, 0.1) is 0 Å². The zero-order valence-corrected chi connectivity index (χ0v) is 57.8. The number of para-hydroxylation sites is 1. The second-order valence-corrected chi connectivity index (χ2v) is 26.5. The maximum absolute atomic E-state index is 13.1. The highest BCUT2D eigenvalue weighted by Crippen LogP contribution is 2.32. The van der Waals surface area contributed by atoms with E-state index in [9.17, 15) is 28.8 Å². The van der Waals surface area contributed by atoms with E-state index in [1.165, 1.54) is 5.56 Å². The smallest absolute Gasteiger partial charge is 0.323 e. The molecule has 12 rings (SSSR count). The fourth-order valence-electron chi connectivity index (χ4n) is 11.6. The van der Waals surface area contributed by atoms with E-state index >= 15 is 0 Å². The SMILES string of the molecule is CCC(=O)Nc1ccc2c(c1)CN(C(=O)C(N)Cc1ccc(Cl)cc1Cl)C2.NC(Cc1ccc(Cl)cc1Cl)C(=O)N1Cc2ccc(NC(=O)Nc3cccc(Cc4ccccc4)c3)cc2C1.NC(Cc1ccc(Cl)cc1Cl)C(=O)N1Cc2ccc(NC(=O)Nc3ccccc3)cc2C1. The molecule has 0 saturated heterocycles. The molecule has 504 valence electrons. The van der Waals surface area contributed by atoms with Gasteiger partial charge < -0.3 is 58.5 Å². The minimum atomic E-state index is -0.723. The summed E-state index contributed by atoms with van der Waals surface area (Å²) in [5, 5.41) is 17.4. The molecule has 0 radical (unpaired) electrons. The second kappa shape index (κ2) is 33.5. The molecule has 98 heavy (non-hydrogen) atoms. The minimum Gasteiger partial charge on any atom is -0.333 e. The summed E-state index contributed by atoms with van der Waals surface area (Å²) >= 11 is 36.5. The molecule has 3 atom stereocenters. The molecule has 3 unspecified atom stereocenters. The number of hydrogen-bond acceptors (Lipinski definition) is 9. The highest BCUT2D eigenvalue weighted by atomic mass is 35.5. The lowest BCUT2D eigenvalue weighted by Gasteiger charge is -2.20. The summed E-state index contributed by atoms with van der Waals surface area (Å²) in [6, 6.07) is 56.9. The van der Waals surface area contributed by atoms with Gasteiger partial charge in [-0.3, -0.25) is 19.2 Å². The fourth-order valence-corrected chi connectivity index (χ4v) is 13.0. The third-order valence-corrected chi connectivity index (χ3v) is 18.4. The van der Waals surface area contributed by atoms with Crippen LogP contribution in [0.4, 0.5) is 38.0 Å². The highest BCUT2D eigenvalue weighted by Gasteiger charge is 2.31. The zero-order valence-electron chi connectivity index (χ0n) is 53.3. The van der Waals surface area contributed by atoms with Crippen LogP contribution in [0.15, 0.2) is 194 Å². The first-order valence-corrected chi connectivity index (χ1v) is 33.8. The third-order valence-electron chi connectivity index (χ3n) is 16.6. The number of carbonyl (C=O) groups excluding carboxylic acids is 6. The number of amides is 8. The molecule has 8 amide bonds. The van der Waals surface area contributed by atoms with Gasteiger partial charge in [0.25, 0.3) is 0 Å². The number of rotatable bonds is 17. The molecule has 17 nitrogen and oxygen atoms in total. The van der Waals surface area contributed by atoms with Crippen molar-refractivity contribution in [2.45, 2.75) is 96.4 Å². The van der Waals surface area contributed by atoms with Gasteiger partial charge in [0.1, 0.15) is 0 Å². The number of carbonyl (C=O) groups is 6. The summed E-state index contributed by atoms with van der Waals surface area (Å²) in [7, 11) is 0. The number of halogens is 6. The van der Waals surface area contributed by atoms with Crippen LogP contribution in [-0.4, -0.2) is 68.5 Å². The van der Waals surface area contributed by atoms with Crippen molar-refractivity contribution in [3.05, 3.63) is 285 Å². The molecule has 0 saturated carbocycles. The number of anilines is 5. The molecule has 3 aliphatic heterocycles. The van der Waals surface area contributed by atoms with Crippen molar-refractivity contribution in [3.63, 3.8) is 0 Å². The predicted molar refractivity (Wildman–Crippen MR) is 393 cm³/mol. The van der Waals surface area contributed by atoms with E-state index in [0.717, 1.165) is 67.7 Å². The number of fused-ring (bicyclic) bond motifs is 3. The summed E-state index contributed by atoms with van der Waals surface area (Å²) in [5.74, 6) is -0.470. The first kappa shape index (κ1) is 71.8. The Morgan fingerprint density at radius 3 is 1.06 bits per heavy atom. The molecule has 3 aliphatic rings. The average molecular weight is 1440 g/mol. The van der Waals surface area contributed by atoms with Crippen LogP contribution in [-0.2, 0) is 84.1 Å². The van der Waals surface area contributed by atoms with E-state index in [0.29, 0.717) is 118 Å². The minimum absolute atomic E-state index is 0.0391. The molecule has 0 fully saturated rings. The Bertz CT molecular complexity index is 4420. The highest BCUT2D eigenvalue weighted by molar-refractivity contribution is 6.36. The molecular weight excluding hydrogens is 1360 g/mol. The Morgan fingerprint density at radius 1 is 0.357 bits per heavy atom. The van der Waals surface area contributed by atoms with Crippen molar-refractivity contribution in [3.8, 4) is 0 Å². The number of nitrogens with two attached hydrogens (primary N) is 3. The van der Waals surface area contributed by atoms with E-state index in [2.05, 4.69) is 38.7 Å². The number of urea groups is 2. The molecule has 9 aromatic carbocycles. The first-order chi connectivity index (χ1) is 47.1. The Balaban J connectivity index is 0.000000162. The Hall–Kier alpha value is -8.98. The van der Waals surface area contributed by atoms with E-state index in [4.69, 9.17) is 86.8 Å². The molecule has 3 heterocycles. The van der Waals surface area contributed by atoms with Gasteiger partial charge in [-0.15, -0.1) is 0 Å². The molecule has 9 aromatic rings. The maximum atomic E-state index is 13.1. The molecule has 11 N–H and O–H groups in total. The van der Waals surface area contributed by atoms with Crippen LogP contribution in [0.5, 0.6) is 0 Å². The summed E-state index contributed by atoms with van der Waals surface area (Å²) in [6.45, 7) is 4.60. The van der Waals surface area contributed by atoms with Crippen LogP contribution in [0.1, 0.15) is 74.5 Å². The van der Waals surface area contributed by atoms with Gasteiger partial charge in [0.15, 0.2) is 0 Å². The second-order valence-electron chi connectivity index (χ2n) is 24.0. The zero-order chi connectivity index (χ0) is 69.6. The lowest BCUT2D eigenvalue weighted by Crippen LogP contribution is -2.42. The van der Waals surface area contributed by atoms with Crippen molar-refractivity contribution >= 4 is 134 Å². The summed E-state index contributed by atoms with van der Waals surface area (Å²) in [4.78, 5) is 80.4. The summed E-state index contributed by atoms with van der Waals surface area (Å²) in [6.07, 6.45) is 2.20. The van der Waals surface area contributed by atoms with Gasteiger partial charge in [0, 0.05) is 104 Å². The van der Waals surface area contributed by atoms with E-state index in [1.54, 1.807) is 76.2 Å². The average Bonchev–Trinajstić information content (AvgIpc) is 1.68. The van der Waals surface area contributed by atoms with Crippen molar-refractivity contribution < 1.29 is 28.8 Å². The standard InChI is InChI=1S/C31H28Cl2N4O2.C24H22Cl2N4O2.C20H21Cl2N3O2/c32-25-11-9-22(28(33)17-25)16-29(34)30(38)37-18-23-10-12-27(15-24(23)19-37)36-31(39)35-26-8-4-7-21(14-26)13-20-5-2-1-3-6-20;25-18-8-6-15(21(26)12-18)11-22(27)23(31)30-13-16-7-9-20(10-17(16)14-30)29-24(32)28-19-4-2-1-3-5-19;1-2-19(26)24-16-6-4-13-10-25(11-14(13)7-16)20(27)18(23)8-12-3-5-15(21)9-17(12)22/h1-12,14-15,17,29H,13,16,18-19,34H2,(H2,35,36,39);1-10,12,22H,11,13-14,27H2,(H2,28,29,32);3-7,9,18H,2,8,10-11,23H2,1H3,(H,24,26).